The number of amides is 1. The van der Waals surface area contributed by atoms with Gasteiger partial charge in [-0.2, -0.15) is 0 Å². The molecule has 1 unspecified atom stereocenters. The molecule has 0 saturated heterocycles. The van der Waals surface area contributed by atoms with E-state index >= 15 is 0 Å². The molecule has 0 fully saturated rings. The highest BCUT2D eigenvalue weighted by molar-refractivity contribution is 7.17. The van der Waals surface area contributed by atoms with Gasteiger partial charge in [-0.15, -0.1) is 11.3 Å². The topological polar surface area (TPSA) is 42.0 Å². The lowest BCUT2D eigenvalue weighted by Gasteiger charge is -2.12. The van der Waals surface area contributed by atoms with Crippen LogP contribution in [0.3, 0.4) is 0 Å². The number of nitrogens with zero attached hydrogens (tertiary/aromatic N) is 1. The van der Waals surface area contributed by atoms with E-state index in [1.54, 1.807) is 17.5 Å². The number of hydrogen-bond donors (Lipinski definition) is 1. The van der Waals surface area contributed by atoms with Gasteiger partial charge in [-0.05, 0) is 25.1 Å². The zero-order chi connectivity index (χ0) is 13.9. The fourth-order valence-electron chi connectivity index (χ4n) is 2.13. The predicted octanol–water partition coefficient (Wildman–Crippen LogP) is 3.79. The largest absolute Gasteiger partial charge is 0.344 e. The number of carbonyl (C=O) groups excluding carboxylic acids is 1. The molecule has 1 N–H and O–H groups in total. The van der Waals surface area contributed by atoms with Crippen molar-refractivity contribution in [2.24, 2.45) is 0 Å². The molecule has 1 amide bonds. The second kappa shape index (κ2) is 5.43. The van der Waals surface area contributed by atoms with Gasteiger partial charge in [-0.25, -0.2) is 0 Å². The minimum atomic E-state index is -0.109. The van der Waals surface area contributed by atoms with Gasteiger partial charge in [0.1, 0.15) is 0 Å². The monoisotopic (exact) mass is 282 g/mol. The van der Waals surface area contributed by atoms with E-state index in [4.69, 9.17) is 0 Å². The Morgan fingerprint density at radius 2 is 2.00 bits per heavy atom. The summed E-state index contributed by atoms with van der Waals surface area (Å²) in [6.45, 7) is 1.94. The maximum Gasteiger partial charge on any atom is 0.253 e. The van der Waals surface area contributed by atoms with Crippen LogP contribution in [-0.4, -0.2) is 10.9 Å². The number of fused-ring (bicyclic) bond motifs is 1. The molecule has 1 atom stereocenters. The minimum absolute atomic E-state index is 0.0550. The van der Waals surface area contributed by atoms with Crippen LogP contribution in [0.15, 0.2) is 54.0 Å². The molecule has 0 bridgehead atoms. The lowest BCUT2D eigenvalue weighted by Crippen LogP contribution is -2.26. The van der Waals surface area contributed by atoms with Crippen molar-refractivity contribution in [2.75, 3.05) is 0 Å². The van der Waals surface area contributed by atoms with Gasteiger partial charge in [0.25, 0.3) is 5.91 Å². The van der Waals surface area contributed by atoms with E-state index in [0.717, 1.165) is 21.3 Å². The Bertz CT molecular complexity index is 736. The molecule has 4 heteroatoms. The second-order valence-electron chi connectivity index (χ2n) is 4.60. The van der Waals surface area contributed by atoms with Crippen molar-refractivity contribution in [3.8, 4) is 0 Å². The summed E-state index contributed by atoms with van der Waals surface area (Å²) in [4.78, 5) is 16.6. The predicted molar refractivity (Wildman–Crippen MR) is 81.9 cm³/mol. The summed E-state index contributed by atoms with van der Waals surface area (Å²) >= 11 is 1.59. The Balaban J connectivity index is 1.83. The van der Waals surface area contributed by atoms with Gasteiger partial charge >= 0.3 is 0 Å². The van der Waals surface area contributed by atoms with Crippen molar-refractivity contribution in [3.05, 3.63) is 65.3 Å². The van der Waals surface area contributed by atoms with E-state index in [1.165, 1.54) is 0 Å². The summed E-state index contributed by atoms with van der Waals surface area (Å²) < 4.78 is 1.13. The van der Waals surface area contributed by atoms with E-state index in [-0.39, 0.29) is 11.9 Å². The SMILES string of the molecule is CC(NC(=O)c1csc2ccccc12)c1ccccn1. The molecular formula is C16H14N2OS. The molecule has 3 aromatic rings. The van der Waals surface area contributed by atoms with Crippen LogP contribution >= 0.6 is 11.3 Å². The fourth-order valence-corrected chi connectivity index (χ4v) is 3.08. The Kier molecular flexibility index (Phi) is 3.48. The summed E-state index contributed by atoms with van der Waals surface area (Å²) in [7, 11) is 0. The van der Waals surface area contributed by atoms with Gasteiger partial charge in [-0.3, -0.25) is 9.78 Å². The van der Waals surface area contributed by atoms with E-state index in [9.17, 15) is 4.79 Å². The first kappa shape index (κ1) is 12.8. The number of benzene rings is 1. The number of hydrogen-bond acceptors (Lipinski definition) is 3. The van der Waals surface area contributed by atoms with Crippen molar-refractivity contribution < 1.29 is 4.79 Å². The maximum atomic E-state index is 12.4. The molecule has 0 radical (unpaired) electrons. The minimum Gasteiger partial charge on any atom is -0.344 e. The van der Waals surface area contributed by atoms with Crippen LogP contribution in [0, 0.1) is 0 Å². The van der Waals surface area contributed by atoms with Gasteiger partial charge in [-0.1, -0.05) is 24.3 Å². The number of carbonyl (C=O) groups is 1. The fraction of sp³-hybridized carbons (Fsp3) is 0.125. The van der Waals surface area contributed by atoms with E-state index in [2.05, 4.69) is 10.3 Å². The number of aromatic nitrogens is 1. The highest BCUT2D eigenvalue weighted by atomic mass is 32.1. The van der Waals surface area contributed by atoms with Crippen molar-refractivity contribution in [2.45, 2.75) is 13.0 Å². The number of pyridine rings is 1. The first-order chi connectivity index (χ1) is 9.75. The summed E-state index contributed by atoms with van der Waals surface area (Å²) in [5.74, 6) is -0.0550. The zero-order valence-electron chi connectivity index (χ0n) is 11.0. The molecule has 1 aromatic carbocycles. The molecule has 2 heterocycles. The summed E-state index contributed by atoms with van der Waals surface area (Å²) in [6, 6.07) is 13.5. The lowest BCUT2D eigenvalue weighted by molar-refractivity contribution is 0.0941. The van der Waals surface area contributed by atoms with Crippen LogP contribution in [0.4, 0.5) is 0 Å². The second-order valence-corrected chi connectivity index (χ2v) is 5.51. The van der Waals surface area contributed by atoms with Crippen molar-refractivity contribution in [3.63, 3.8) is 0 Å². The van der Waals surface area contributed by atoms with Crippen LogP contribution in [0.5, 0.6) is 0 Å². The molecule has 2 aromatic heterocycles. The Hall–Kier alpha value is -2.20. The summed E-state index contributed by atoms with van der Waals surface area (Å²) in [6.07, 6.45) is 1.73. The maximum absolute atomic E-state index is 12.4. The quantitative estimate of drug-likeness (QED) is 0.794. The standard InChI is InChI=1S/C16H14N2OS/c1-11(14-7-4-5-9-17-14)18-16(19)13-10-20-15-8-3-2-6-12(13)15/h2-11H,1H3,(H,18,19). The highest BCUT2D eigenvalue weighted by Gasteiger charge is 2.15. The molecule has 3 rings (SSSR count). The molecule has 0 aliphatic rings. The van der Waals surface area contributed by atoms with Gasteiger partial charge in [0.2, 0.25) is 0 Å². The van der Waals surface area contributed by atoms with Crippen molar-refractivity contribution in [1.29, 1.82) is 0 Å². The number of rotatable bonds is 3. The molecule has 0 spiro atoms. The molecule has 0 aliphatic heterocycles. The van der Waals surface area contributed by atoms with Crippen LogP contribution in [-0.2, 0) is 0 Å². The van der Waals surface area contributed by atoms with Gasteiger partial charge < -0.3 is 5.32 Å². The third-order valence-corrected chi connectivity index (χ3v) is 4.17. The molecule has 0 saturated carbocycles. The molecule has 3 nitrogen and oxygen atoms in total. The van der Waals surface area contributed by atoms with Gasteiger partial charge in [0.15, 0.2) is 0 Å². The average Bonchev–Trinajstić information content (AvgIpc) is 2.92. The highest BCUT2D eigenvalue weighted by Crippen LogP contribution is 2.26. The van der Waals surface area contributed by atoms with Crippen LogP contribution < -0.4 is 5.32 Å². The zero-order valence-corrected chi connectivity index (χ0v) is 11.9. The number of nitrogens with one attached hydrogen (secondary N) is 1. The molecular weight excluding hydrogens is 268 g/mol. The van der Waals surface area contributed by atoms with Gasteiger partial charge in [0.05, 0.1) is 17.3 Å². The molecule has 20 heavy (non-hydrogen) atoms. The van der Waals surface area contributed by atoms with Crippen LogP contribution in [0.25, 0.3) is 10.1 Å². The average molecular weight is 282 g/mol. The van der Waals surface area contributed by atoms with Crippen LogP contribution in [0.2, 0.25) is 0 Å². The van der Waals surface area contributed by atoms with Gasteiger partial charge in [0, 0.05) is 21.7 Å². The smallest absolute Gasteiger partial charge is 0.253 e. The van der Waals surface area contributed by atoms with E-state index < -0.39 is 0 Å². The third-order valence-electron chi connectivity index (χ3n) is 3.20. The Morgan fingerprint density at radius 3 is 2.80 bits per heavy atom. The Morgan fingerprint density at radius 1 is 1.20 bits per heavy atom. The van der Waals surface area contributed by atoms with Crippen molar-refractivity contribution >= 4 is 27.3 Å². The normalized spacial score (nSPS) is 12.2. The first-order valence-electron chi connectivity index (χ1n) is 6.44. The van der Waals surface area contributed by atoms with E-state index in [1.807, 2.05) is 54.8 Å². The molecule has 100 valence electrons. The lowest BCUT2D eigenvalue weighted by atomic mass is 10.1. The Labute approximate surface area is 121 Å². The first-order valence-corrected chi connectivity index (χ1v) is 7.31. The number of thiophene rings is 1. The van der Waals surface area contributed by atoms with E-state index in [0.29, 0.717) is 0 Å². The van der Waals surface area contributed by atoms with Crippen molar-refractivity contribution in [1.82, 2.24) is 10.3 Å². The summed E-state index contributed by atoms with van der Waals surface area (Å²) in [5, 5.41) is 5.91. The summed E-state index contributed by atoms with van der Waals surface area (Å²) in [5.41, 5.74) is 1.59. The third kappa shape index (κ3) is 2.42. The molecule has 0 aliphatic carbocycles. The van der Waals surface area contributed by atoms with Crippen LogP contribution in [0.1, 0.15) is 29.0 Å².